The van der Waals surface area contributed by atoms with Crippen molar-refractivity contribution in [2.45, 2.75) is 6.92 Å². The van der Waals surface area contributed by atoms with Crippen LogP contribution < -0.4 is 0 Å². The Morgan fingerprint density at radius 1 is 0.727 bits per heavy atom. The van der Waals surface area contributed by atoms with Gasteiger partial charge in [0.05, 0.1) is 17.7 Å². The zero-order valence-corrected chi connectivity index (χ0v) is 18.4. The Hall–Kier alpha value is -4.16. The van der Waals surface area contributed by atoms with E-state index in [-0.39, 0.29) is 0 Å². The van der Waals surface area contributed by atoms with E-state index in [1.54, 1.807) is 6.33 Å². The maximum absolute atomic E-state index is 6.11. The van der Waals surface area contributed by atoms with Gasteiger partial charge in [-0.1, -0.05) is 35.9 Å². The van der Waals surface area contributed by atoms with Crippen LogP contribution in [0.15, 0.2) is 79.6 Å². The van der Waals surface area contributed by atoms with Crippen LogP contribution >= 0.6 is 11.6 Å². The van der Waals surface area contributed by atoms with Gasteiger partial charge < -0.3 is 4.98 Å². The third kappa shape index (κ3) is 3.23. The Kier molecular flexibility index (Phi) is 4.59. The van der Waals surface area contributed by atoms with Crippen LogP contribution in [0.5, 0.6) is 0 Å². The number of benzene rings is 2. The van der Waals surface area contributed by atoms with E-state index in [1.807, 2.05) is 54.9 Å². The molecule has 7 heteroatoms. The molecule has 6 rings (SSSR count). The molecule has 2 aromatic carbocycles. The topological polar surface area (TPSA) is 80.2 Å². The van der Waals surface area contributed by atoms with Crippen LogP contribution in [0, 0.1) is 6.92 Å². The van der Waals surface area contributed by atoms with E-state index in [0.717, 1.165) is 55.6 Å². The van der Waals surface area contributed by atoms with Crippen LogP contribution in [0.1, 0.15) is 5.56 Å². The van der Waals surface area contributed by atoms with Gasteiger partial charge in [0.15, 0.2) is 5.65 Å². The average Bonchev–Trinajstić information content (AvgIpc) is 3.33. The second-order valence-electron chi connectivity index (χ2n) is 7.74. The molecular formula is C26H17ClN6. The Balaban J connectivity index is 1.64. The number of fused-ring (bicyclic) bond motifs is 2. The van der Waals surface area contributed by atoms with Crippen molar-refractivity contribution in [1.29, 1.82) is 0 Å². The van der Waals surface area contributed by atoms with Crippen molar-refractivity contribution in [3.63, 3.8) is 0 Å². The molecule has 158 valence electrons. The summed E-state index contributed by atoms with van der Waals surface area (Å²) in [6.07, 6.45) is 6.82. The van der Waals surface area contributed by atoms with E-state index >= 15 is 0 Å². The maximum atomic E-state index is 6.11. The second-order valence-corrected chi connectivity index (χ2v) is 8.18. The fourth-order valence-corrected chi connectivity index (χ4v) is 4.41. The summed E-state index contributed by atoms with van der Waals surface area (Å²) in [5, 5.41) is 2.82. The molecule has 6 nitrogen and oxygen atoms in total. The van der Waals surface area contributed by atoms with E-state index in [0.29, 0.717) is 10.7 Å². The van der Waals surface area contributed by atoms with Crippen LogP contribution in [-0.4, -0.2) is 29.9 Å². The largest absolute Gasteiger partial charge is 0.341 e. The molecule has 1 N–H and O–H groups in total. The van der Waals surface area contributed by atoms with Gasteiger partial charge in [-0.3, -0.25) is 9.97 Å². The molecule has 0 aliphatic carbocycles. The van der Waals surface area contributed by atoms with Gasteiger partial charge in [-0.15, -0.1) is 0 Å². The normalized spacial score (nSPS) is 11.3. The summed E-state index contributed by atoms with van der Waals surface area (Å²) in [6, 6.07) is 18.0. The number of rotatable bonds is 3. The molecule has 0 aliphatic heterocycles. The number of halogens is 1. The summed E-state index contributed by atoms with van der Waals surface area (Å²) in [5.41, 5.74) is 8.02. The van der Waals surface area contributed by atoms with Gasteiger partial charge in [0, 0.05) is 39.5 Å². The summed E-state index contributed by atoms with van der Waals surface area (Å²) >= 11 is 6.11. The van der Waals surface area contributed by atoms with Crippen molar-refractivity contribution in [2.75, 3.05) is 0 Å². The highest BCUT2D eigenvalue weighted by Crippen LogP contribution is 2.39. The molecule has 0 atom stereocenters. The fraction of sp³-hybridized carbons (Fsp3) is 0.0385. The van der Waals surface area contributed by atoms with Gasteiger partial charge in [-0.05, 0) is 48.2 Å². The first-order chi connectivity index (χ1) is 16.2. The quantitative estimate of drug-likeness (QED) is 0.345. The van der Waals surface area contributed by atoms with Gasteiger partial charge in [-0.2, -0.15) is 0 Å². The first-order valence-corrected chi connectivity index (χ1v) is 10.8. The average molecular weight is 449 g/mol. The molecule has 0 aliphatic rings. The predicted molar refractivity (Wildman–Crippen MR) is 131 cm³/mol. The number of nitrogens with one attached hydrogen (secondary N) is 1. The lowest BCUT2D eigenvalue weighted by molar-refractivity contribution is 1.20. The van der Waals surface area contributed by atoms with E-state index in [1.165, 1.54) is 6.33 Å². The summed E-state index contributed by atoms with van der Waals surface area (Å²) < 4.78 is 0. The van der Waals surface area contributed by atoms with Crippen molar-refractivity contribution in [3.8, 4) is 33.8 Å². The summed E-state index contributed by atoms with van der Waals surface area (Å²) in [6.45, 7) is 2.10. The van der Waals surface area contributed by atoms with Crippen molar-refractivity contribution < 1.29 is 0 Å². The lowest BCUT2D eigenvalue weighted by Crippen LogP contribution is -1.97. The molecule has 0 unspecified atom stereocenters. The Bertz CT molecular complexity index is 1640. The number of hydrogen-bond acceptors (Lipinski definition) is 5. The SMILES string of the molecule is Cc1ccc2c(-c3ccc(Cl)cc3)nccc2c1-c1ncccc1-c1ncnc2nc[nH]c12. The number of imidazole rings is 1. The monoisotopic (exact) mass is 448 g/mol. The number of pyridine rings is 2. The number of hydrogen-bond donors (Lipinski definition) is 1. The standard InChI is InChI=1S/C26H17ClN6/c1-15-4-9-19-18(10-12-29-22(19)16-5-7-17(27)8-6-16)21(15)23-20(3-2-11-28-23)24-25-26(32-13-30-24)33-14-31-25/h2-14H,1H3,(H,30,31,32,33). The van der Waals surface area contributed by atoms with Crippen LogP contribution in [0.3, 0.4) is 0 Å². The first kappa shape index (κ1) is 19.5. The predicted octanol–water partition coefficient (Wildman–Crippen LogP) is 6.26. The zero-order valence-electron chi connectivity index (χ0n) is 17.6. The maximum Gasteiger partial charge on any atom is 0.181 e. The molecule has 0 saturated carbocycles. The second kappa shape index (κ2) is 7.76. The third-order valence-electron chi connectivity index (χ3n) is 5.79. The van der Waals surface area contributed by atoms with Crippen molar-refractivity contribution in [1.82, 2.24) is 29.9 Å². The molecule has 0 saturated heterocycles. The van der Waals surface area contributed by atoms with Gasteiger partial charge in [0.1, 0.15) is 17.5 Å². The van der Waals surface area contributed by atoms with Gasteiger partial charge in [0.2, 0.25) is 0 Å². The Labute approximate surface area is 194 Å². The Morgan fingerprint density at radius 2 is 1.58 bits per heavy atom. The van der Waals surface area contributed by atoms with Gasteiger partial charge >= 0.3 is 0 Å². The Morgan fingerprint density at radius 3 is 2.45 bits per heavy atom. The van der Waals surface area contributed by atoms with Crippen molar-refractivity contribution in [3.05, 3.63) is 90.2 Å². The minimum absolute atomic E-state index is 0.624. The number of nitrogens with zero attached hydrogens (tertiary/aromatic N) is 5. The fourth-order valence-electron chi connectivity index (χ4n) is 4.28. The molecular weight excluding hydrogens is 432 g/mol. The minimum Gasteiger partial charge on any atom is -0.341 e. The molecule has 0 radical (unpaired) electrons. The lowest BCUT2D eigenvalue weighted by atomic mass is 9.92. The molecule has 0 bridgehead atoms. The molecule has 0 amide bonds. The number of H-pyrrole nitrogens is 1. The molecule has 4 heterocycles. The van der Waals surface area contributed by atoms with Crippen LogP contribution in [0.2, 0.25) is 5.02 Å². The molecule has 33 heavy (non-hydrogen) atoms. The number of aromatic amines is 1. The van der Waals surface area contributed by atoms with Gasteiger partial charge in [0.25, 0.3) is 0 Å². The highest BCUT2D eigenvalue weighted by molar-refractivity contribution is 6.30. The summed E-state index contributed by atoms with van der Waals surface area (Å²) in [7, 11) is 0. The molecule has 0 spiro atoms. The van der Waals surface area contributed by atoms with Crippen molar-refractivity contribution in [2.24, 2.45) is 0 Å². The van der Waals surface area contributed by atoms with Crippen molar-refractivity contribution >= 4 is 33.5 Å². The number of aromatic nitrogens is 6. The van der Waals surface area contributed by atoms with Crippen LogP contribution in [-0.2, 0) is 0 Å². The zero-order chi connectivity index (χ0) is 22.4. The highest BCUT2D eigenvalue weighted by Gasteiger charge is 2.19. The van der Waals surface area contributed by atoms with E-state index in [4.69, 9.17) is 16.6 Å². The third-order valence-corrected chi connectivity index (χ3v) is 6.05. The lowest BCUT2D eigenvalue weighted by Gasteiger charge is -2.15. The summed E-state index contributed by atoms with van der Waals surface area (Å²) in [4.78, 5) is 25.8. The van der Waals surface area contributed by atoms with E-state index in [9.17, 15) is 0 Å². The smallest absolute Gasteiger partial charge is 0.181 e. The molecule has 4 aromatic heterocycles. The molecule has 0 fully saturated rings. The van der Waals surface area contributed by atoms with Gasteiger partial charge in [-0.25, -0.2) is 15.0 Å². The minimum atomic E-state index is 0.624. The number of aryl methyl sites for hydroxylation is 1. The highest BCUT2D eigenvalue weighted by atomic mass is 35.5. The van der Waals surface area contributed by atoms with E-state index < -0.39 is 0 Å². The van der Waals surface area contributed by atoms with Crippen LogP contribution in [0.4, 0.5) is 0 Å². The first-order valence-electron chi connectivity index (χ1n) is 10.4. The van der Waals surface area contributed by atoms with E-state index in [2.05, 4.69) is 44.0 Å². The van der Waals surface area contributed by atoms with Crippen LogP contribution in [0.25, 0.3) is 55.7 Å². The molecule has 6 aromatic rings. The summed E-state index contributed by atoms with van der Waals surface area (Å²) in [5.74, 6) is 0.